The van der Waals surface area contributed by atoms with Crippen molar-refractivity contribution in [1.29, 1.82) is 0 Å². The molecule has 0 aliphatic heterocycles. The zero-order chi connectivity index (χ0) is 10.8. The van der Waals surface area contributed by atoms with E-state index in [9.17, 15) is 0 Å². The minimum atomic E-state index is 0.833. The van der Waals surface area contributed by atoms with Crippen molar-refractivity contribution in [1.82, 2.24) is 0 Å². The van der Waals surface area contributed by atoms with Gasteiger partial charge in [0.1, 0.15) is 0 Å². The van der Waals surface area contributed by atoms with E-state index in [2.05, 4.69) is 26.5 Å². The monoisotopic (exact) mass is 193 g/mol. The zero-order valence-corrected chi connectivity index (χ0v) is 10.1. The van der Waals surface area contributed by atoms with Gasteiger partial charge in [-0.3, -0.25) is 0 Å². The molecule has 0 spiro atoms. The van der Waals surface area contributed by atoms with Crippen LogP contribution in [0.3, 0.4) is 0 Å². The highest BCUT2D eigenvalue weighted by molar-refractivity contribution is 4.79. The lowest BCUT2D eigenvalue weighted by Crippen LogP contribution is -2.04. The average Bonchev–Trinajstić information content (AvgIpc) is 2.15. The second-order valence-electron chi connectivity index (χ2n) is 4.84. The van der Waals surface area contributed by atoms with Gasteiger partial charge >= 0.3 is 0 Å². The van der Waals surface area contributed by atoms with Gasteiger partial charge in [0.2, 0.25) is 0 Å². The molecule has 0 aromatic rings. The molecule has 0 saturated heterocycles. The van der Waals surface area contributed by atoms with E-state index < -0.39 is 0 Å². The van der Waals surface area contributed by atoms with Crippen LogP contribution in [0.5, 0.6) is 0 Å². The van der Waals surface area contributed by atoms with E-state index in [0.29, 0.717) is 0 Å². The Kier molecular flexibility index (Phi) is 8.78. The van der Waals surface area contributed by atoms with Crippen molar-refractivity contribution in [3.05, 3.63) is 18.4 Å². The zero-order valence-electron chi connectivity index (χ0n) is 10.1. The highest BCUT2D eigenvalue weighted by atomic mass is 14.2. The second-order valence-corrected chi connectivity index (χ2v) is 4.84. The average molecular weight is 193 g/mol. The SMILES string of the molecule is CC(C)C.[CH]=C=CCC1CCCCC1. The van der Waals surface area contributed by atoms with Crippen LogP contribution in [0.1, 0.15) is 59.3 Å². The Bertz CT molecular complexity index is 152. The van der Waals surface area contributed by atoms with Crippen LogP contribution in [0, 0.1) is 18.4 Å². The van der Waals surface area contributed by atoms with E-state index in [0.717, 1.165) is 18.3 Å². The molecule has 1 saturated carbocycles. The summed E-state index contributed by atoms with van der Waals surface area (Å²) in [6.07, 6.45) is 10.2. The van der Waals surface area contributed by atoms with Gasteiger partial charge in [-0.1, -0.05) is 52.9 Å². The van der Waals surface area contributed by atoms with Crippen LogP contribution in [0.25, 0.3) is 0 Å². The first-order chi connectivity index (χ1) is 6.66. The first kappa shape index (κ1) is 13.5. The molecule has 0 bridgehead atoms. The van der Waals surface area contributed by atoms with Crippen LogP contribution in [-0.4, -0.2) is 0 Å². The quantitative estimate of drug-likeness (QED) is 0.554. The minimum Gasteiger partial charge on any atom is -0.125 e. The van der Waals surface area contributed by atoms with Crippen molar-refractivity contribution in [2.75, 3.05) is 0 Å². The Labute approximate surface area is 90.1 Å². The normalized spacial score (nSPS) is 16.9. The molecule has 0 unspecified atom stereocenters. The van der Waals surface area contributed by atoms with E-state index in [-0.39, 0.29) is 0 Å². The lowest BCUT2D eigenvalue weighted by Gasteiger charge is -2.19. The third kappa shape index (κ3) is 9.61. The summed E-state index contributed by atoms with van der Waals surface area (Å²) < 4.78 is 0. The van der Waals surface area contributed by atoms with Crippen LogP contribution in [0.2, 0.25) is 0 Å². The third-order valence-corrected chi connectivity index (χ3v) is 2.29. The molecular formula is C14H25. The summed E-state index contributed by atoms with van der Waals surface area (Å²) in [5.41, 5.74) is 2.59. The van der Waals surface area contributed by atoms with Crippen molar-refractivity contribution in [3.8, 4) is 0 Å². The lowest BCUT2D eigenvalue weighted by molar-refractivity contribution is 0.361. The van der Waals surface area contributed by atoms with Crippen LogP contribution in [-0.2, 0) is 0 Å². The molecule has 0 aromatic carbocycles. The Morgan fingerprint density at radius 3 is 2.14 bits per heavy atom. The Hall–Kier alpha value is -0.480. The number of hydrogen-bond acceptors (Lipinski definition) is 0. The van der Waals surface area contributed by atoms with E-state index in [4.69, 9.17) is 6.58 Å². The van der Waals surface area contributed by atoms with E-state index in [1.165, 1.54) is 32.1 Å². The van der Waals surface area contributed by atoms with Gasteiger partial charge in [0.15, 0.2) is 0 Å². The Morgan fingerprint density at radius 1 is 1.21 bits per heavy atom. The molecule has 1 fully saturated rings. The van der Waals surface area contributed by atoms with Gasteiger partial charge in [0.25, 0.3) is 0 Å². The Morgan fingerprint density at radius 2 is 1.71 bits per heavy atom. The van der Waals surface area contributed by atoms with Gasteiger partial charge in [0, 0.05) is 0 Å². The van der Waals surface area contributed by atoms with Gasteiger partial charge in [-0.15, -0.1) is 5.73 Å². The first-order valence-electron chi connectivity index (χ1n) is 5.94. The molecule has 0 N–H and O–H groups in total. The molecule has 1 rings (SSSR count). The summed E-state index contributed by atoms with van der Waals surface area (Å²) >= 11 is 0. The smallest absolute Gasteiger partial charge is 0.0126 e. The maximum atomic E-state index is 5.14. The largest absolute Gasteiger partial charge is 0.125 e. The molecule has 0 amide bonds. The molecule has 81 valence electrons. The summed E-state index contributed by atoms with van der Waals surface area (Å²) in [4.78, 5) is 0. The molecule has 1 aliphatic carbocycles. The Balaban J connectivity index is 0.000000364. The second kappa shape index (κ2) is 9.09. The maximum absolute atomic E-state index is 5.14. The standard InChI is InChI=1S/C10H15.C4H10/c1-2-3-7-10-8-5-4-6-9-10;1-4(2)3/h1,3,10H,4-9H2;4H,1-3H3. The van der Waals surface area contributed by atoms with E-state index in [1.807, 2.05) is 6.08 Å². The van der Waals surface area contributed by atoms with Gasteiger partial charge in [-0.05, 0) is 30.9 Å². The lowest BCUT2D eigenvalue weighted by atomic mass is 9.87. The molecular weight excluding hydrogens is 168 g/mol. The fraction of sp³-hybridized carbons (Fsp3) is 0.786. The van der Waals surface area contributed by atoms with Gasteiger partial charge < -0.3 is 0 Å². The molecule has 0 heteroatoms. The summed E-state index contributed by atoms with van der Waals surface area (Å²) in [5, 5.41) is 0. The molecule has 0 heterocycles. The summed E-state index contributed by atoms with van der Waals surface area (Å²) in [6.45, 7) is 11.6. The van der Waals surface area contributed by atoms with Gasteiger partial charge in [-0.2, -0.15) is 0 Å². The van der Waals surface area contributed by atoms with Crippen molar-refractivity contribution in [2.45, 2.75) is 59.3 Å². The predicted molar refractivity (Wildman–Crippen MR) is 64.1 cm³/mol. The summed E-state index contributed by atoms with van der Waals surface area (Å²) in [5.74, 6) is 1.74. The first-order valence-corrected chi connectivity index (χ1v) is 5.94. The minimum absolute atomic E-state index is 0.833. The third-order valence-electron chi connectivity index (χ3n) is 2.29. The van der Waals surface area contributed by atoms with Crippen molar-refractivity contribution in [3.63, 3.8) is 0 Å². The van der Waals surface area contributed by atoms with Crippen molar-refractivity contribution in [2.24, 2.45) is 11.8 Å². The molecule has 1 radical (unpaired) electrons. The summed E-state index contributed by atoms with van der Waals surface area (Å²) in [7, 11) is 0. The summed E-state index contributed by atoms with van der Waals surface area (Å²) in [6, 6.07) is 0. The fourth-order valence-corrected chi connectivity index (χ4v) is 1.66. The molecule has 0 atom stereocenters. The molecule has 0 nitrogen and oxygen atoms in total. The number of hydrogen-bond donors (Lipinski definition) is 0. The van der Waals surface area contributed by atoms with Crippen LogP contribution >= 0.6 is 0 Å². The highest BCUT2D eigenvalue weighted by Crippen LogP contribution is 2.26. The van der Waals surface area contributed by atoms with Crippen LogP contribution in [0.4, 0.5) is 0 Å². The van der Waals surface area contributed by atoms with Gasteiger partial charge in [0.05, 0.1) is 0 Å². The van der Waals surface area contributed by atoms with Crippen molar-refractivity contribution >= 4 is 0 Å². The fourth-order valence-electron chi connectivity index (χ4n) is 1.66. The highest BCUT2D eigenvalue weighted by Gasteiger charge is 2.10. The molecule has 14 heavy (non-hydrogen) atoms. The van der Waals surface area contributed by atoms with Gasteiger partial charge in [-0.25, -0.2) is 0 Å². The topological polar surface area (TPSA) is 0 Å². The number of rotatable bonds is 2. The van der Waals surface area contributed by atoms with E-state index >= 15 is 0 Å². The molecule has 1 aliphatic rings. The van der Waals surface area contributed by atoms with Crippen LogP contribution < -0.4 is 0 Å². The molecule has 0 aromatic heterocycles. The predicted octanol–water partition coefficient (Wildman–Crippen LogP) is 4.76. The number of allylic oxidation sites excluding steroid dienone is 1. The van der Waals surface area contributed by atoms with Crippen LogP contribution in [0.15, 0.2) is 11.8 Å². The van der Waals surface area contributed by atoms with E-state index in [1.54, 1.807) is 0 Å². The van der Waals surface area contributed by atoms with Crippen molar-refractivity contribution < 1.29 is 0 Å². The maximum Gasteiger partial charge on any atom is -0.0126 e.